The molecule has 0 saturated carbocycles. The van der Waals surface area contributed by atoms with Crippen LogP contribution in [0.4, 0.5) is 5.69 Å². The molecule has 0 fully saturated rings. The third kappa shape index (κ3) is 4.25. The van der Waals surface area contributed by atoms with Crippen LogP contribution in [0.1, 0.15) is 16.1 Å². The molecule has 6 nitrogen and oxygen atoms in total. The number of Topliss-reactive ketones (excluding diaryl/α,β-unsaturated/α-hetero) is 1. The first-order valence-corrected chi connectivity index (χ1v) is 9.66. The average Bonchev–Trinajstić information content (AvgIpc) is 2.75. The molecule has 148 valence electrons. The molecule has 0 spiro atoms. The van der Waals surface area contributed by atoms with Crippen molar-refractivity contribution in [3.8, 4) is 0 Å². The summed E-state index contributed by atoms with van der Waals surface area (Å²) < 4.78 is 0. The number of ketones is 1. The second-order valence-electron chi connectivity index (χ2n) is 6.35. The Labute approximate surface area is 181 Å². The van der Waals surface area contributed by atoms with Crippen molar-refractivity contribution in [2.24, 2.45) is 5.10 Å². The normalized spacial score (nSPS) is 11.5. The molecule has 0 aliphatic rings. The molecular formula is C22H14Cl2N4O2. The zero-order chi connectivity index (χ0) is 21.1. The molecule has 30 heavy (non-hydrogen) atoms. The number of carbonyl (C=O) groups is 1. The zero-order valence-corrected chi connectivity index (χ0v) is 16.9. The molecule has 0 radical (unpaired) electrons. The second-order valence-corrected chi connectivity index (χ2v) is 7.22. The highest BCUT2D eigenvalue weighted by Gasteiger charge is 2.22. The molecule has 3 aromatic carbocycles. The van der Waals surface area contributed by atoms with Gasteiger partial charge < -0.3 is 4.98 Å². The van der Waals surface area contributed by atoms with E-state index in [9.17, 15) is 9.59 Å². The van der Waals surface area contributed by atoms with Crippen LogP contribution < -0.4 is 11.0 Å². The molecule has 0 bridgehead atoms. The molecular weight excluding hydrogens is 423 g/mol. The molecule has 2 N–H and O–H groups in total. The number of H-pyrrole nitrogens is 1. The van der Waals surface area contributed by atoms with Crippen LogP contribution in [-0.4, -0.2) is 21.5 Å². The number of nitrogens with zero attached hydrogens (tertiary/aromatic N) is 2. The molecule has 1 aromatic heterocycles. The predicted octanol–water partition coefficient (Wildman–Crippen LogP) is 4.93. The van der Waals surface area contributed by atoms with Gasteiger partial charge in [0.05, 0.1) is 16.7 Å². The summed E-state index contributed by atoms with van der Waals surface area (Å²) in [6, 6.07) is 20.1. The Morgan fingerprint density at radius 2 is 1.53 bits per heavy atom. The number of anilines is 1. The van der Waals surface area contributed by atoms with Crippen LogP contribution in [0.2, 0.25) is 10.0 Å². The van der Waals surface area contributed by atoms with Gasteiger partial charge in [-0.15, -0.1) is 0 Å². The third-order valence-corrected chi connectivity index (χ3v) is 4.79. The minimum absolute atomic E-state index is 0.0879. The van der Waals surface area contributed by atoms with E-state index in [4.69, 9.17) is 23.2 Å². The lowest BCUT2D eigenvalue weighted by molar-refractivity contribution is 0.106. The Kier molecular flexibility index (Phi) is 5.61. The van der Waals surface area contributed by atoms with Gasteiger partial charge in [-0.1, -0.05) is 35.3 Å². The molecule has 1 heterocycles. The molecule has 0 saturated heterocycles. The van der Waals surface area contributed by atoms with E-state index in [0.717, 1.165) is 0 Å². The van der Waals surface area contributed by atoms with E-state index in [1.165, 1.54) is 0 Å². The first-order valence-electron chi connectivity index (χ1n) is 8.90. The summed E-state index contributed by atoms with van der Waals surface area (Å²) in [5.41, 5.74) is 4.09. The molecule has 4 rings (SSSR count). The topological polar surface area (TPSA) is 87.2 Å². The van der Waals surface area contributed by atoms with Gasteiger partial charge in [0.1, 0.15) is 0 Å². The van der Waals surface area contributed by atoms with Crippen molar-refractivity contribution in [3.63, 3.8) is 0 Å². The highest BCUT2D eigenvalue weighted by molar-refractivity contribution is 6.51. The number of fused-ring (bicyclic) bond motifs is 1. The Hall–Kier alpha value is -3.48. The minimum Gasteiger partial charge on any atom is -0.319 e. The molecule has 0 unspecified atom stereocenters. The van der Waals surface area contributed by atoms with Gasteiger partial charge in [0.15, 0.2) is 11.4 Å². The number of hydrazone groups is 1. The fourth-order valence-electron chi connectivity index (χ4n) is 2.78. The Bertz CT molecular complexity index is 1310. The van der Waals surface area contributed by atoms with Crippen molar-refractivity contribution in [1.29, 1.82) is 0 Å². The lowest BCUT2D eigenvalue weighted by Crippen LogP contribution is -2.27. The first-order chi connectivity index (χ1) is 14.5. The van der Waals surface area contributed by atoms with Crippen molar-refractivity contribution in [3.05, 3.63) is 104 Å². The van der Waals surface area contributed by atoms with E-state index >= 15 is 0 Å². The summed E-state index contributed by atoms with van der Waals surface area (Å²) in [6.45, 7) is 0. The lowest BCUT2D eigenvalue weighted by atomic mass is 10.0. The maximum absolute atomic E-state index is 13.2. The Morgan fingerprint density at radius 3 is 2.23 bits per heavy atom. The number of para-hydroxylation sites is 2. The van der Waals surface area contributed by atoms with Crippen LogP contribution in [0, 0.1) is 0 Å². The van der Waals surface area contributed by atoms with Gasteiger partial charge in [0, 0.05) is 15.6 Å². The number of nitrogens with one attached hydrogen (secondary N) is 2. The smallest absolute Gasteiger partial charge is 0.276 e. The largest absolute Gasteiger partial charge is 0.319 e. The van der Waals surface area contributed by atoms with Crippen molar-refractivity contribution < 1.29 is 4.79 Å². The number of hydrogen-bond acceptors (Lipinski definition) is 5. The fourth-order valence-corrected chi connectivity index (χ4v) is 3.04. The quantitative estimate of drug-likeness (QED) is 0.263. The van der Waals surface area contributed by atoms with Gasteiger partial charge in [-0.3, -0.25) is 15.0 Å². The van der Waals surface area contributed by atoms with Crippen LogP contribution in [0.5, 0.6) is 0 Å². The van der Waals surface area contributed by atoms with Gasteiger partial charge in [0.25, 0.3) is 5.56 Å². The van der Waals surface area contributed by atoms with Crippen molar-refractivity contribution >= 4 is 51.4 Å². The number of rotatable bonds is 5. The van der Waals surface area contributed by atoms with Crippen molar-refractivity contribution in [1.82, 2.24) is 9.97 Å². The zero-order valence-electron chi connectivity index (χ0n) is 15.4. The third-order valence-electron chi connectivity index (χ3n) is 4.29. The Balaban J connectivity index is 1.82. The number of aromatic nitrogens is 2. The van der Waals surface area contributed by atoms with E-state index in [2.05, 4.69) is 20.5 Å². The van der Waals surface area contributed by atoms with Crippen LogP contribution in [0.25, 0.3) is 11.0 Å². The maximum Gasteiger partial charge on any atom is 0.276 e. The summed E-state index contributed by atoms with van der Waals surface area (Å²) >= 11 is 11.8. The van der Waals surface area contributed by atoms with Gasteiger partial charge in [-0.25, -0.2) is 4.98 Å². The van der Waals surface area contributed by atoms with E-state index in [1.54, 1.807) is 72.8 Å². The van der Waals surface area contributed by atoms with Gasteiger partial charge in [-0.2, -0.15) is 5.10 Å². The van der Waals surface area contributed by atoms with E-state index in [1.807, 2.05) is 0 Å². The maximum atomic E-state index is 13.2. The van der Waals surface area contributed by atoms with E-state index in [-0.39, 0.29) is 11.4 Å². The highest BCUT2D eigenvalue weighted by Crippen LogP contribution is 2.16. The molecule has 0 aliphatic carbocycles. The molecule has 4 aromatic rings. The first kappa shape index (κ1) is 19.8. The molecule has 0 aliphatic heterocycles. The average molecular weight is 437 g/mol. The summed E-state index contributed by atoms with van der Waals surface area (Å²) in [5, 5.41) is 5.27. The van der Waals surface area contributed by atoms with Gasteiger partial charge >= 0.3 is 0 Å². The van der Waals surface area contributed by atoms with Crippen LogP contribution in [0.15, 0.2) is 82.7 Å². The SMILES string of the molecule is O=C(C(=NNc1ccc(Cl)cc1)c1nc2ccccc2[nH]c1=O)c1ccc(Cl)cc1. The summed E-state index contributed by atoms with van der Waals surface area (Å²) in [7, 11) is 0. The summed E-state index contributed by atoms with van der Waals surface area (Å²) in [6.07, 6.45) is 0. The van der Waals surface area contributed by atoms with Crippen molar-refractivity contribution in [2.45, 2.75) is 0 Å². The monoisotopic (exact) mass is 436 g/mol. The Morgan fingerprint density at radius 1 is 0.900 bits per heavy atom. The van der Waals surface area contributed by atoms with Crippen LogP contribution in [-0.2, 0) is 0 Å². The van der Waals surface area contributed by atoms with E-state index < -0.39 is 11.3 Å². The standard InChI is InChI=1S/C22H14Cl2N4O2/c23-14-7-5-13(6-8-14)21(29)19(28-27-16-11-9-15(24)10-12-16)20-22(30)26-18-4-2-1-3-17(18)25-20/h1-12,27H,(H,26,30). The number of carbonyl (C=O) groups excluding carboxylic acids is 1. The van der Waals surface area contributed by atoms with Crippen LogP contribution >= 0.6 is 23.2 Å². The number of hydrogen-bond donors (Lipinski definition) is 2. The highest BCUT2D eigenvalue weighted by atomic mass is 35.5. The fraction of sp³-hybridized carbons (Fsp3) is 0. The number of halogens is 2. The van der Waals surface area contributed by atoms with Gasteiger partial charge in [-0.05, 0) is 60.7 Å². The number of benzene rings is 3. The number of aromatic amines is 1. The molecule has 8 heteroatoms. The van der Waals surface area contributed by atoms with Crippen molar-refractivity contribution in [2.75, 3.05) is 5.43 Å². The molecule has 0 atom stereocenters. The summed E-state index contributed by atoms with van der Waals surface area (Å²) in [4.78, 5) is 33.0. The van der Waals surface area contributed by atoms with Gasteiger partial charge in [0.2, 0.25) is 5.78 Å². The summed E-state index contributed by atoms with van der Waals surface area (Å²) in [5.74, 6) is -0.471. The minimum atomic E-state index is -0.521. The lowest BCUT2D eigenvalue weighted by Gasteiger charge is -2.08. The second kappa shape index (κ2) is 8.49. The van der Waals surface area contributed by atoms with Crippen LogP contribution in [0.3, 0.4) is 0 Å². The van der Waals surface area contributed by atoms with E-state index in [0.29, 0.717) is 32.3 Å². The molecule has 0 amide bonds. The predicted molar refractivity (Wildman–Crippen MR) is 120 cm³/mol.